The molecule has 6 heteroatoms. The average molecular weight is 264 g/mol. The Bertz CT molecular complexity index is 264. The van der Waals surface area contributed by atoms with E-state index in [4.69, 9.17) is 4.74 Å². The maximum absolute atomic E-state index is 12.0. The predicted octanol–water partition coefficient (Wildman–Crippen LogP) is 1.60. The van der Waals surface area contributed by atoms with E-state index in [2.05, 4.69) is 12.2 Å². The van der Waals surface area contributed by atoms with Gasteiger partial charge in [0, 0.05) is 6.54 Å². The summed E-state index contributed by atoms with van der Waals surface area (Å²) in [6, 6.07) is -0.142. The van der Waals surface area contributed by atoms with Crippen molar-refractivity contribution < 1.29 is 18.3 Å². The summed E-state index contributed by atoms with van der Waals surface area (Å²) in [7, 11) is 0. The Labute approximate surface area is 107 Å². The lowest BCUT2D eigenvalue weighted by molar-refractivity contribution is -0.131. The second kappa shape index (κ2) is 7.63. The number of carbonyl (C=O) groups is 1. The van der Waals surface area contributed by atoms with Gasteiger partial charge in [-0.25, -0.2) is 8.78 Å². The molecule has 1 aliphatic rings. The molecular weight excluding hydrogens is 242 g/mol. The maximum atomic E-state index is 12.0. The number of amides is 1. The van der Waals surface area contributed by atoms with Crippen molar-refractivity contribution in [3.8, 4) is 0 Å². The molecule has 106 valence electrons. The summed E-state index contributed by atoms with van der Waals surface area (Å²) in [5.74, 6) is 0.0524. The molecule has 1 heterocycles. The number of alkyl halides is 2. The molecule has 4 nitrogen and oxygen atoms in total. The quantitative estimate of drug-likeness (QED) is 0.677. The monoisotopic (exact) mass is 264 g/mol. The highest BCUT2D eigenvalue weighted by Crippen LogP contribution is 2.16. The Morgan fingerprint density at radius 2 is 2.17 bits per heavy atom. The Morgan fingerprint density at radius 3 is 2.72 bits per heavy atom. The Morgan fingerprint density at radius 1 is 1.44 bits per heavy atom. The van der Waals surface area contributed by atoms with Gasteiger partial charge in [-0.15, -0.1) is 0 Å². The van der Waals surface area contributed by atoms with Crippen LogP contribution in [0.3, 0.4) is 0 Å². The van der Waals surface area contributed by atoms with Crippen LogP contribution in [0.5, 0.6) is 0 Å². The lowest BCUT2D eigenvalue weighted by Crippen LogP contribution is -2.39. The summed E-state index contributed by atoms with van der Waals surface area (Å²) >= 11 is 0. The van der Waals surface area contributed by atoms with E-state index in [1.165, 1.54) is 0 Å². The van der Waals surface area contributed by atoms with E-state index >= 15 is 0 Å². The summed E-state index contributed by atoms with van der Waals surface area (Å²) in [4.78, 5) is 13.7. The van der Waals surface area contributed by atoms with Crippen molar-refractivity contribution in [2.24, 2.45) is 0 Å². The van der Waals surface area contributed by atoms with Crippen molar-refractivity contribution in [3.63, 3.8) is 0 Å². The number of nitrogens with zero attached hydrogens (tertiary/aromatic N) is 1. The van der Waals surface area contributed by atoms with E-state index in [0.717, 1.165) is 19.3 Å². The molecule has 1 rings (SSSR count). The van der Waals surface area contributed by atoms with Gasteiger partial charge in [0.05, 0.1) is 18.8 Å². The van der Waals surface area contributed by atoms with E-state index in [1.54, 1.807) is 4.90 Å². The summed E-state index contributed by atoms with van der Waals surface area (Å²) in [6.45, 7) is 3.98. The van der Waals surface area contributed by atoms with Crippen LogP contribution in [0.25, 0.3) is 0 Å². The molecule has 0 aromatic heterocycles. The van der Waals surface area contributed by atoms with Gasteiger partial charge < -0.3 is 9.64 Å². The molecule has 18 heavy (non-hydrogen) atoms. The van der Waals surface area contributed by atoms with E-state index in [1.807, 2.05) is 6.92 Å². The molecule has 1 fully saturated rings. The largest absolute Gasteiger partial charge is 0.374 e. The summed E-state index contributed by atoms with van der Waals surface area (Å²) in [6.07, 6.45) is 0.148. The van der Waals surface area contributed by atoms with Crippen molar-refractivity contribution in [2.45, 2.75) is 51.7 Å². The van der Waals surface area contributed by atoms with Gasteiger partial charge in [0.25, 0.3) is 6.43 Å². The summed E-state index contributed by atoms with van der Waals surface area (Å²) in [5, 5.41) is 3.26. The average Bonchev–Trinajstić information content (AvgIpc) is 2.62. The number of ether oxygens (including phenoxy) is 1. The molecule has 2 unspecified atom stereocenters. The van der Waals surface area contributed by atoms with Crippen LogP contribution >= 0.6 is 0 Å². The Balaban J connectivity index is 2.41. The summed E-state index contributed by atoms with van der Waals surface area (Å²) < 4.78 is 28.6. The van der Waals surface area contributed by atoms with Gasteiger partial charge in [0.15, 0.2) is 0 Å². The van der Waals surface area contributed by atoms with Crippen LogP contribution in [0.4, 0.5) is 8.78 Å². The van der Waals surface area contributed by atoms with Gasteiger partial charge >= 0.3 is 0 Å². The first-order valence-electron chi connectivity index (χ1n) is 6.52. The summed E-state index contributed by atoms with van der Waals surface area (Å²) in [5.41, 5.74) is 0. The number of hydrogen-bond acceptors (Lipinski definition) is 3. The lowest BCUT2D eigenvalue weighted by Gasteiger charge is -2.23. The number of halogens is 2. The minimum absolute atomic E-state index is 0.0163. The highest BCUT2D eigenvalue weighted by atomic mass is 19.3. The van der Waals surface area contributed by atoms with Crippen LogP contribution in [0.2, 0.25) is 0 Å². The third-order valence-corrected chi connectivity index (χ3v) is 3.04. The molecule has 1 aliphatic heterocycles. The van der Waals surface area contributed by atoms with E-state index < -0.39 is 13.0 Å². The van der Waals surface area contributed by atoms with Crippen LogP contribution in [-0.2, 0) is 9.53 Å². The van der Waals surface area contributed by atoms with Crippen molar-refractivity contribution in [2.75, 3.05) is 19.8 Å². The number of hydrogen-bond donors (Lipinski definition) is 1. The van der Waals surface area contributed by atoms with Crippen LogP contribution in [0, 0.1) is 0 Å². The van der Waals surface area contributed by atoms with Gasteiger partial charge in [-0.2, -0.15) is 0 Å². The molecule has 0 spiro atoms. The van der Waals surface area contributed by atoms with Gasteiger partial charge in [0.2, 0.25) is 5.91 Å². The van der Waals surface area contributed by atoms with E-state index in [0.29, 0.717) is 6.54 Å². The fraction of sp³-hybridized carbons (Fsp3) is 0.917. The Kier molecular flexibility index (Phi) is 6.49. The first kappa shape index (κ1) is 15.3. The van der Waals surface area contributed by atoms with E-state index in [9.17, 15) is 13.6 Å². The highest BCUT2D eigenvalue weighted by Gasteiger charge is 2.36. The smallest absolute Gasteiger partial charge is 0.261 e. The molecule has 0 aromatic rings. The van der Waals surface area contributed by atoms with Gasteiger partial charge in [-0.1, -0.05) is 20.3 Å². The van der Waals surface area contributed by atoms with Crippen LogP contribution in [-0.4, -0.2) is 49.2 Å². The SMILES string of the molecule is CCCC1NC(CC)C(=O)N1CCOCC(F)F. The fourth-order valence-corrected chi connectivity index (χ4v) is 2.15. The minimum Gasteiger partial charge on any atom is -0.374 e. The van der Waals surface area contributed by atoms with E-state index in [-0.39, 0.29) is 24.7 Å². The normalized spacial score (nSPS) is 24.3. The third-order valence-electron chi connectivity index (χ3n) is 3.04. The van der Waals surface area contributed by atoms with Crippen molar-refractivity contribution in [1.29, 1.82) is 0 Å². The van der Waals surface area contributed by atoms with Crippen molar-refractivity contribution >= 4 is 5.91 Å². The van der Waals surface area contributed by atoms with Gasteiger partial charge in [0.1, 0.15) is 6.61 Å². The Hall–Kier alpha value is -0.750. The number of rotatable bonds is 8. The molecule has 0 aromatic carbocycles. The second-order valence-corrected chi connectivity index (χ2v) is 4.43. The molecule has 2 atom stereocenters. The third kappa shape index (κ3) is 4.17. The zero-order chi connectivity index (χ0) is 13.5. The zero-order valence-electron chi connectivity index (χ0n) is 11.0. The van der Waals surface area contributed by atoms with Crippen molar-refractivity contribution in [1.82, 2.24) is 10.2 Å². The molecule has 0 aliphatic carbocycles. The molecule has 1 saturated heterocycles. The minimum atomic E-state index is -2.45. The number of nitrogens with one attached hydrogen (secondary N) is 1. The fourth-order valence-electron chi connectivity index (χ4n) is 2.15. The molecular formula is C12H22F2N2O2. The molecule has 1 N–H and O–H groups in total. The maximum Gasteiger partial charge on any atom is 0.261 e. The standard InChI is InChI=1S/C12H22F2N2O2/c1-3-5-11-15-9(4-2)12(17)16(11)6-7-18-8-10(13)14/h9-11,15H,3-8H2,1-2H3. The van der Waals surface area contributed by atoms with Gasteiger partial charge in [-0.3, -0.25) is 10.1 Å². The van der Waals surface area contributed by atoms with Crippen LogP contribution in [0.1, 0.15) is 33.1 Å². The lowest BCUT2D eigenvalue weighted by atomic mass is 10.2. The van der Waals surface area contributed by atoms with Gasteiger partial charge in [-0.05, 0) is 12.8 Å². The highest BCUT2D eigenvalue weighted by molar-refractivity contribution is 5.84. The topological polar surface area (TPSA) is 41.6 Å². The second-order valence-electron chi connectivity index (χ2n) is 4.43. The van der Waals surface area contributed by atoms with Crippen LogP contribution < -0.4 is 5.32 Å². The first-order valence-corrected chi connectivity index (χ1v) is 6.52. The number of carbonyl (C=O) groups excluding carboxylic acids is 1. The molecule has 0 bridgehead atoms. The molecule has 0 saturated carbocycles. The molecule has 1 amide bonds. The predicted molar refractivity (Wildman–Crippen MR) is 64.4 cm³/mol. The van der Waals surface area contributed by atoms with Crippen LogP contribution in [0.15, 0.2) is 0 Å². The zero-order valence-corrected chi connectivity index (χ0v) is 11.0. The van der Waals surface area contributed by atoms with Crippen molar-refractivity contribution in [3.05, 3.63) is 0 Å². The first-order chi connectivity index (χ1) is 8.60. The molecule has 0 radical (unpaired) electrons.